The molecule has 0 aliphatic heterocycles. The molecule has 0 saturated carbocycles. The van der Waals surface area contributed by atoms with Crippen molar-refractivity contribution in [3.63, 3.8) is 0 Å². The summed E-state index contributed by atoms with van der Waals surface area (Å²) in [4.78, 5) is 0. The third kappa shape index (κ3) is 5.50. The maximum absolute atomic E-state index is 11.1. The van der Waals surface area contributed by atoms with Crippen LogP contribution in [0.15, 0.2) is 72.8 Å². The van der Waals surface area contributed by atoms with Gasteiger partial charge in [0.05, 0.1) is 6.10 Å². The Kier molecular flexibility index (Phi) is 8.50. The average molecular weight is 405 g/mol. The number of rotatable bonds is 7. The number of hydrogen-bond acceptors (Lipinski definition) is 1. The van der Waals surface area contributed by atoms with Gasteiger partial charge in [-0.1, -0.05) is 114 Å². The van der Waals surface area contributed by atoms with Gasteiger partial charge in [-0.15, -0.1) is 5.54 Å². The van der Waals surface area contributed by atoms with Crippen LogP contribution in [0.25, 0.3) is 0 Å². The summed E-state index contributed by atoms with van der Waals surface area (Å²) in [5.74, 6) is 3.27. The molecule has 0 bridgehead atoms. The van der Waals surface area contributed by atoms with Crippen molar-refractivity contribution in [2.75, 3.05) is 0 Å². The molecule has 0 aliphatic rings. The second-order valence-electron chi connectivity index (χ2n) is 8.82. The summed E-state index contributed by atoms with van der Waals surface area (Å²) in [5.41, 5.74) is 7.60. The van der Waals surface area contributed by atoms with E-state index < -0.39 is 14.2 Å². The third-order valence-corrected chi connectivity index (χ3v) is 12.5. The van der Waals surface area contributed by atoms with Gasteiger partial charge in [0, 0.05) is 5.92 Å². The Labute approximate surface area is 178 Å². The highest BCUT2D eigenvalue weighted by Gasteiger charge is 2.41. The molecule has 0 saturated heterocycles. The minimum Gasteiger partial charge on any atom is -0.387 e. The van der Waals surface area contributed by atoms with Crippen LogP contribution in [-0.4, -0.2) is 13.2 Å². The summed E-state index contributed by atoms with van der Waals surface area (Å²) in [6.07, 6.45) is 3.44. The fourth-order valence-electron chi connectivity index (χ4n) is 4.68. The normalized spacial score (nSPS) is 14.3. The van der Waals surface area contributed by atoms with Gasteiger partial charge >= 0.3 is 0 Å². The number of aliphatic hydroxyl groups is 1. The van der Waals surface area contributed by atoms with E-state index in [-0.39, 0.29) is 5.92 Å². The second-order valence-corrected chi connectivity index (χ2v) is 14.4. The first kappa shape index (κ1) is 23.2. The van der Waals surface area contributed by atoms with Crippen LogP contribution < -0.4 is 0 Å². The summed E-state index contributed by atoms with van der Waals surface area (Å²) in [6, 6.07) is 20.1. The van der Waals surface area contributed by atoms with Gasteiger partial charge in [-0.3, -0.25) is 0 Å². The largest absolute Gasteiger partial charge is 0.387 e. The van der Waals surface area contributed by atoms with Crippen LogP contribution in [0.1, 0.15) is 64.7 Å². The summed E-state index contributed by atoms with van der Waals surface area (Å²) in [7, 11) is -1.74. The van der Waals surface area contributed by atoms with Gasteiger partial charge in [0.2, 0.25) is 0 Å². The molecule has 0 aromatic heterocycles. The maximum atomic E-state index is 11.1. The number of aliphatic hydroxyl groups excluding tert-OH is 1. The fourth-order valence-corrected chi connectivity index (χ4v) is 9.88. The lowest BCUT2D eigenvalue weighted by Gasteiger charge is -2.38. The molecule has 1 nitrogen and oxygen atoms in total. The van der Waals surface area contributed by atoms with Gasteiger partial charge in [-0.2, -0.15) is 0 Å². The zero-order valence-electron chi connectivity index (χ0n) is 18.8. The molecule has 1 N–H and O–H groups in total. The molecule has 0 amide bonds. The van der Waals surface area contributed by atoms with Gasteiger partial charge < -0.3 is 5.11 Å². The zero-order chi connectivity index (χ0) is 21.4. The molecule has 2 atom stereocenters. The minimum atomic E-state index is -1.74. The number of hydrogen-bond donors (Lipinski definition) is 1. The Hall–Kier alpha value is -2.08. The SMILES string of the molecule is CC(C)[Si](C#C/C=C/[C@H](c1ccccc1)[C@H](O)c1ccccc1)(C(C)C)C(C)C. The Morgan fingerprint density at radius 1 is 0.724 bits per heavy atom. The number of allylic oxidation sites excluding steroid dienone is 1. The van der Waals surface area contributed by atoms with Crippen molar-refractivity contribution in [2.24, 2.45) is 0 Å². The standard InChI is InChI=1S/C27H36OSi/c1-21(2)29(22(3)4,23(5)6)20-14-13-19-26(24-15-9-7-10-16-24)27(28)25-17-11-8-12-18-25/h7-13,15-19,21-23,26-28H,1-6H3/b19-13+/t26-,27-/m1/s1. The van der Waals surface area contributed by atoms with Crippen LogP contribution in [0.3, 0.4) is 0 Å². The van der Waals surface area contributed by atoms with Crippen LogP contribution in [0.2, 0.25) is 16.6 Å². The molecule has 0 fully saturated rings. The van der Waals surface area contributed by atoms with E-state index in [1.165, 1.54) is 0 Å². The molecular formula is C27H36OSi. The highest BCUT2D eigenvalue weighted by molar-refractivity contribution is 6.90. The first-order valence-electron chi connectivity index (χ1n) is 10.8. The molecule has 0 aliphatic carbocycles. The molecule has 2 heteroatoms. The van der Waals surface area contributed by atoms with Crippen LogP contribution in [0.5, 0.6) is 0 Å². The molecule has 2 aromatic carbocycles. The molecular weight excluding hydrogens is 368 g/mol. The van der Waals surface area contributed by atoms with Crippen LogP contribution in [0.4, 0.5) is 0 Å². The molecule has 154 valence electrons. The summed E-state index contributed by atoms with van der Waals surface area (Å²) in [5, 5.41) is 11.1. The quantitative estimate of drug-likeness (QED) is 0.380. The van der Waals surface area contributed by atoms with E-state index in [4.69, 9.17) is 0 Å². The highest BCUT2D eigenvalue weighted by atomic mass is 28.3. The topological polar surface area (TPSA) is 20.2 Å². The predicted octanol–water partition coefficient (Wildman–Crippen LogP) is 7.28. The van der Waals surface area contributed by atoms with Crippen molar-refractivity contribution in [3.8, 4) is 11.5 Å². The van der Waals surface area contributed by atoms with E-state index in [1.54, 1.807) is 0 Å². The van der Waals surface area contributed by atoms with Crippen molar-refractivity contribution in [1.82, 2.24) is 0 Å². The Morgan fingerprint density at radius 2 is 1.17 bits per heavy atom. The van der Waals surface area contributed by atoms with Crippen LogP contribution in [-0.2, 0) is 0 Å². The lowest BCUT2D eigenvalue weighted by molar-refractivity contribution is 0.162. The lowest BCUT2D eigenvalue weighted by atomic mass is 9.89. The Morgan fingerprint density at radius 3 is 1.62 bits per heavy atom. The van der Waals surface area contributed by atoms with Gasteiger partial charge in [0.15, 0.2) is 0 Å². The molecule has 2 aromatic rings. The zero-order valence-corrected chi connectivity index (χ0v) is 19.8. The van der Waals surface area contributed by atoms with E-state index in [2.05, 4.69) is 71.2 Å². The van der Waals surface area contributed by atoms with Crippen LogP contribution >= 0.6 is 0 Å². The minimum absolute atomic E-state index is 0.124. The van der Waals surface area contributed by atoms with Gasteiger partial charge in [0.25, 0.3) is 0 Å². The molecule has 29 heavy (non-hydrogen) atoms. The third-order valence-electron chi connectivity index (χ3n) is 6.21. The van der Waals surface area contributed by atoms with Crippen LogP contribution in [0, 0.1) is 11.5 Å². The van der Waals surface area contributed by atoms with Gasteiger partial charge in [-0.05, 0) is 33.8 Å². The van der Waals surface area contributed by atoms with Crippen molar-refractivity contribution in [1.29, 1.82) is 0 Å². The van der Waals surface area contributed by atoms with E-state index >= 15 is 0 Å². The van der Waals surface area contributed by atoms with E-state index in [0.29, 0.717) is 16.6 Å². The van der Waals surface area contributed by atoms with Gasteiger partial charge in [0.1, 0.15) is 8.07 Å². The smallest absolute Gasteiger partial charge is 0.146 e. The monoisotopic (exact) mass is 404 g/mol. The van der Waals surface area contributed by atoms with Crippen molar-refractivity contribution in [3.05, 3.63) is 83.9 Å². The summed E-state index contributed by atoms with van der Waals surface area (Å²) >= 11 is 0. The summed E-state index contributed by atoms with van der Waals surface area (Å²) in [6.45, 7) is 14.0. The van der Waals surface area contributed by atoms with Crippen molar-refractivity contribution >= 4 is 8.07 Å². The Balaban J connectivity index is 2.38. The maximum Gasteiger partial charge on any atom is 0.146 e. The Bertz CT molecular complexity index is 803. The molecule has 0 unspecified atom stereocenters. The van der Waals surface area contributed by atoms with E-state index in [0.717, 1.165) is 11.1 Å². The first-order chi connectivity index (χ1) is 13.8. The first-order valence-corrected chi connectivity index (χ1v) is 13.0. The molecule has 0 heterocycles. The molecule has 2 rings (SSSR count). The molecule has 0 spiro atoms. The van der Waals surface area contributed by atoms with E-state index in [1.807, 2.05) is 54.6 Å². The second kappa shape index (κ2) is 10.6. The van der Waals surface area contributed by atoms with E-state index in [9.17, 15) is 5.11 Å². The van der Waals surface area contributed by atoms with Crippen molar-refractivity contribution in [2.45, 2.75) is 70.2 Å². The fraction of sp³-hybridized carbons (Fsp3) is 0.407. The number of benzene rings is 2. The average Bonchev–Trinajstić information content (AvgIpc) is 2.71. The molecule has 0 radical (unpaired) electrons. The lowest BCUT2D eigenvalue weighted by Crippen LogP contribution is -2.43. The van der Waals surface area contributed by atoms with Crippen molar-refractivity contribution < 1.29 is 5.11 Å². The van der Waals surface area contributed by atoms with Gasteiger partial charge in [-0.25, -0.2) is 0 Å². The predicted molar refractivity (Wildman–Crippen MR) is 129 cm³/mol. The summed E-state index contributed by atoms with van der Waals surface area (Å²) < 4.78 is 0. The highest BCUT2D eigenvalue weighted by Crippen LogP contribution is 2.40.